The standard InChI is InChI=1S/C20H32O3Si/c1-15(21)22-18-13-9-7-11-16(18)17-12-8-10-14-19(17)23-24(5,6)20(2,3)4/h8,10,12,14,16,18H,7,9,11,13H2,1-6H3/t16-,18+/m1/s1. The van der Waals surface area contributed by atoms with Gasteiger partial charge in [-0.2, -0.15) is 0 Å². The smallest absolute Gasteiger partial charge is 0.302 e. The number of carbonyl (C=O) groups is 1. The summed E-state index contributed by atoms with van der Waals surface area (Å²) in [6.45, 7) is 12.8. The Balaban J connectivity index is 2.32. The molecular formula is C20H32O3Si. The number of ether oxygens (including phenoxy) is 1. The van der Waals surface area contributed by atoms with Crippen molar-refractivity contribution < 1.29 is 14.0 Å². The maximum Gasteiger partial charge on any atom is 0.302 e. The minimum absolute atomic E-state index is 0.0274. The second-order valence-corrected chi connectivity index (χ2v) is 13.2. The minimum Gasteiger partial charge on any atom is -0.543 e. The molecule has 0 aliphatic heterocycles. The van der Waals surface area contributed by atoms with E-state index in [2.05, 4.69) is 52.1 Å². The molecule has 1 aromatic rings. The highest BCUT2D eigenvalue weighted by atomic mass is 28.4. The number of hydrogen-bond acceptors (Lipinski definition) is 3. The normalized spacial score (nSPS) is 22.1. The molecular weight excluding hydrogens is 316 g/mol. The van der Waals surface area contributed by atoms with E-state index in [1.807, 2.05) is 6.07 Å². The van der Waals surface area contributed by atoms with Crippen LogP contribution >= 0.6 is 0 Å². The Bertz CT molecular complexity index is 574. The van der Waals surface area contributed by atoms with Crippen molar-refractivity contribution in [3.8, 4) is 5.75 Å². The Kier molecular flexibility index (Phi) is 5.79. The Hall–Kier alpha value is -1.29. The predicted octanol–water partition coefficient (Wildman–Crippen LogP) is 5.66. The minimum atomic E-state index is -1.90. The lowest BCUT2D eigenvalue weighted by Crippen LogP contribution is -2.44. The molecule has 0 N–H and O–H groups in total. The Morgan fingerprint density at radius 3 is 2.38 bits per heavy atom. The molecule has 0 spiro atoms. The largest absolute Gasteiger partial charge is 0.543 e. The lowest BCUT2D eigenvalue weighted by Gasteiger charge is -2.38. The Morgan fingerprint density at radius 2 is 1.75 bits per heavy atom. The fraction of sp³-hybridized carbons (Fsp3) is 0.650. The topological polar surface area (TPSA) is 35.5 Å². The molecule has 0 amide bonds. The summed E-state index contributed by atoms with van der Waals surface area (Å²) in [5.74, 6) is 1.03. The van der Waals surface area contributed by atoms with Crippen molar-refractivity contribution in [1.29, 1.82) is 0 Å². The molecule has 24 heavy (non-hydrogen) atoms. The SMILES string of the molecule is CC(=O)O[C@H]1CCCC[C@@H]1c1ccccc1O[Si](C)(C)C(C)(C)C. The van der Waals surface area contributed by atoms with E-state index < -0.39 is 8.32 Å². The van der Waals surface area contributed by atoms with Crippen LogP contribution in [0, 0.1) is 0 Å². The second-order valence-electron chi connectivity index (χ2n) is 8.44. The molecule has 1 saturated carbocycles. The van der Waals surface area contributed by atoms with Gasteiger partial charge in [0.2, 0.25) is 8.32 Å². The van der Waals surface area contributed by atoms with Crippen LogP contribution in [0.4, 0.5) is 0 Å². The lowest BCUT2D eigenvalue weighted by molar-refractivity contribution is -0.148. The van der Waals surface area contributed by atoms with Crippen LogP contribution in [0.2, 0.25) is 18.1 Å². The maximum absolute atomic E-state index is 11.5. The third kappa shape index (κ3) is 4.41. The highest BCUT2D eigenvalue weighted by Crippen LogP contribution is 2.43. The van der Waals surface area contributed by atoms with Gasteiger partial charge < -0.3 is 9.16 Å². The number of hydrogen-bond donors (Lipinski definition) is 0. The van der Waals surface area contributed by atoms with Crippen molar-refractivity contribution in [1.82, 2.24) is 0 Å². The first-order valence-electron chi connectivity index (χ1n) is 9.07. The molecule has 1 aliphatic carbocycles. The van der Waals surface area contributed by atoms with E-state index in [0.29, 0.717) is 0 Å². The van der Waals surface area contributed by atoms with E-state index in [9.17, 15) is 4.79 Å². The summed E-state index contributed by atoms with van der Waals surface area (Å²) in [5, 5.41) is 0.155. The van der Waals surface area contributed by atoms with Crippen LogP contribution in [-0.2, 0) is 9.53 Å². The highest BCUT2D eigenvalue weighted by Gasteiger charge is 2.40. The fourth-order valence-electron chi connectivity index (χ4n) is 3.11. The second kappa shape index (κ2) is 7.30. The molecule has 0 bridgehead atoms. The highest BCUT2D eigenvalue weighted by molar-refractivity contribution is 6.74. The monoisotopic (exact) mass is 348 g/mol. The van der Waals surface area contributed by atoms with Crippen LogP contribution in [0.1, 0.15) is 64.9 Å². The zero-order chi connectivity index (χ0) is 18.0. The molecule has 0 saturated heterocycles. The zero-order valence-corrected chi connectivity index (χ0v) is 17.0. The van der Waals surface area contributed by atoms with Crippen molar-refractivity contribution in [2.75, 3.05) is 0 Å². The quantitative estimate of drug-likeness (QED) is 0.520. The van der Waals surface area contributed by atoms with Gasteiger partial charge >= 0.3 is 5.97 Å². The summed E-state index contributed by atoms with van der Waals surface area (Å²) in [4.78, 5) is 11.5. The summed E-state index contributed by atoms with van der Waals surface area (Å²) in [6, 6.07) is 8.33. The van der Waals surface area contributed by atoms with Crippen LogP contribution in [0.5, 0.6) is 5.75 Å². The van der Waals surface area contributed by atoms with Gasteiger partial charge in [-0.15, -0.1) is 0 Å². The molecule has 0 unspecified atom stereocenters. The van der Waals surface area contributed by atoms with Crippen molar-refractivity contribution in [3.05, 3.63) is 29.8 Å². The molecule has 2 rings (SSSR count). The van der Waals surface area contributed by atoms with Crippen LogP contribution in [-0.4, -0.2) is 20.4 Å². The lowest BCUT2D eigenvalue weighted by atomic mass is 9.81. The summed E-state index contributed by atoms with van der Waals surface area (Å²) >= 11 is 0. The predicted molar refractivity (Wildman–Crippen MR) is 101 cm³/mol. The molecule has 0 heterocycles. The molecule has 1 aromatic carbocycles. The van der Waals surface area contributed by atoms with Crippen molar-refractivity contribution in [3.63, 3.8) is 0 Å². The molecule has 0 aromatic heterocycles. The van der Waals surface area contributed by atoms with Crippen molar-refractivity contribution in [2.45, 2.75) is 83.5 Å². The molecule has 134 valence electrons. The third-order valence-electron chi connectivity index (χ3n) is 5.51. The van der Waals surface area contributed by atoms with Crippen LogP contribution < -0.4 is 4.43 Å². The fourth-order valence-corrected chi connectivity index (χ4v) is 4.16. The van der Waals surface area contributed by atoms with Crippen LogP contribution in [0.15, 0.2) is 24.3 Å². The summed E-state index contributed by atoms with van der Waals surface area (Å²) < 4.78 is 12.2. The molecule has 2 atom stereocenters. The van der Waals surface area contributed by atoms with E-state index >= 15 is 0 Å². The van der Waals surface area contributed by atoms with Gasteiger partial charge in [0.15, 0.2) is 0 Å². The summed E-state index contributed by atoms with van der Waals surface area (Å²) in [5.41, 5.74) is 1.20. The molecule has 3 nitrogen and oxygen atoms in total. The number of esters is 1. The van der Waals surface area contributed by atoms with E-state index in [1.165, 1.54) is 18.9 Å². The van der Waals surface area contributed by atoms with Crippen LogP contribution in [0.3, 0.4) is 0 Å². The average Bonchev–Trinajstić information content (AvgIpc) is 2.46. The number of carbonyl (C=O) groups excluding carboxylic acids is 1. The van der Waals surface area contributed by atoms with Gasteiger partial charge in [-0.25, -0.2) is 0 Å². The third-order valence-corrected chi connectivity index (χ3v) is 9.85. The van der Waals surface area contributed by atoms with E-state index in [4.69, 9.17) is 9.16 Å². The average molecular weight is 349 g/mol. The number of benzene rings is 1. The van der Waals surface area contributed by atoms with E-state index in [1.54, 1.807) is 0 Å². The van der Waals surface area contributed by atoms with Gasteiger partial charge in [-0.05, 0) is 49.0 Å². The van der Waals surface area contributed by atoms with Gasteiger partial charge in [0, 0.05) is 12.8 Å². The number of rotatable bonds is 4. The zero-order valence-electron chi connectivity index (χ0n) is 16.0. The Morgan fingerprint density at radius 1 is 1.12 bits per heavy atom. The van der Waals surface area contributed by atoms with E-state index in [0.717, 1.165) is 25.0 Å². The molecule has 0 radical (unpaired) electrons. The molecule has 1 fully saturated rings. The Labute approximate surface area is 147 Å². The summed E-state index contributed by atoms with van der Waals surface area (Å²) in [6.07, 6.45) is 4.27. The van der Waals surface area contributed by atoms with Crippen molar-refractivity contribution >= 4 is 14.3 Å². The summed E-state index contributed by atoms with van der Waals surface area (Å²) in [7, 11) is -1.90. The first-order chi connectivity index (χ1) is 11.1. The molecule has 4 heteroatoms. The number of para-hydroxylation sites is 1. The maximum atomic E-state index is 11.5. The van der Waals surface area contributed by atoms with Gasteiger partial charge in [0.25, 0.3) is 0 Å². The van der Waals surface area contributed by atoms with Gasteiger partial charge in [-0.3, -0.25) is 4.79 Å². The van der Waals surface area contributed by atoms with Gasteiger partial charge in [0.1, 0.15) is 11.9 Å². The van der Waals surface area contributed by atoms with E-state index in [-0.39, 0.29) is 23.0 Å². The first kappa shape index (κ1) is 19.0. The first-order valence-corrected chi connectivity index (χ1v) is 12.0. The van der Waals surface area contributed by atoms with Crippen molar-refractivity contribution in [2.24, 2.45) is 0 Å². The van der Waals surface area contributed by atoms with Gasteiger partial charge in [-0.1, -0.05) is 45.4 Å². The van der Waals surface area contributed by atoms with Gasteiger partial charge in [0.05, 0.1) is 0 Å². The molecule has 1 aliphatic rings. The van der Waals surface area contributed by atoms with Crippen LogP contribution in [0.25, 0.3) is 0 Å².